The Kier molecular flexibility index (Phi) is 2.98. The molecule has 0 fully saturated rings. The molecule has 0 spiro atoms. The number of rotatable bonds is 1. The Morgan fingerprint density at radius 3 is 2.31 bits per heavy atom. The molecule has 16 heavy (non-hydrogen) atoms. The molecular weight excluding hydrogens is 270 g/mol. The maximum atomic E-state index is 11.1. The maximum absolute atomic E-state index is 11.1. The Balaban J connectivity index is 2.97. The minimum atomic E-state index is -1.10. The molecule has 0 radical (unpaired) electrons. The third-order valence-electron chi connectivity index (χ3n) is 2.21. The van der Waals surface area contributed by atoms with Crippen LogP contribution in [0, 0.1) is 0 Å². The van der Waals surface area contributed by atoms with Gasteiger partial charge in [0.15, 0.2) is 0 Å². The molecule has 0 unspecified atom stereocenters. The standard InChI is InChI=1S/C11H5Cl3O2/c12-5-1-2-6-7(3-5)10(11(15)16)9(14)4-8(6)13/h1-4H,(H,15,16). The molecule has 0 atom stereocenters. The van der Waals surface area contributed by atoms with E-state index in [2.05, 4.69) is 0 Å². The van der Waals surface area contributed by atoms with Crippen LogP contribution >= 0.6 is 34.8 Å². The lowest BCUT2D eigenvalue weighted by atomic mass is 10.0. The molecule has 0 aliphatic rings. The second-order valence-electron chi connectivity index (χ2n) is 3.21. The molecule has 0 heterocycles. The molecule has 0 aliphatic heterocycles. The molecule has 2 nitrogen and oxygen atoms in total. The summed E-state index contributed by atoms with van der Waals surface area (Å²) in [4.78, 5) is 11.1. The van der Waals surface area contributed by atoms with Gasteiger partial charge in [0.25, 0.3) is 0 Å². The highest BCUT2D eigenvalue weighted by atomic mass is 35.5. The average molecular weight is 276 g/mol. The van der Waals surface area contributed by atoms with E-state index in [1.54, 1.807) is 12.1 Å². The summed E-state index contributed by atoms with van der Waals surface area (Å²) in [5, 5.41) is 11.1. The first-order chi connectivity index (χ1) is 7.50. The van der Waals surface area contributed by atoms with E-state index in [9.17, 15) is 4.79 Å². The third kappa shape index (κ3) is 1.84. The summed E-state index contributed by atoms with van der Waals surface area (Å²) in [6.07, 6.45) is 0. The van der Waals surface area contributed by atoms with E-state index in [1.807, 2.05) is 0 Å². The van der Waals surface area contributed by atoms with Gasteiger partial charge >= 0.3 is 5.97 Å². The Morgan fingerprint density at radius 2 is 1.69 bits per heavy atom. The molecule has 0 aliphatic carbocycles. The first kappa shape index (κ1) is 11.5. The number of fused-ring (bicyclic) bond motifs is 1. The summed E-state index contributed by atoms with van der Waals surface area (Å²) in [6, 6.07) is 6.28. The normalized spacial score (nSPS) is 10.7. The lowest BCUT2D eigenvalue weighted by Crippen LogP contribution is -1.99. The second kappa shape index (κ2) is 4.13. The monoisotopic (exact) mass is 274 g/mol. The Labute approximate surface area is 106 Å². The van der Waals surface area contributed by atoms with E-state index < -0.39 is 5.97 Å². The molecular formula is C11H5Cl3O2. The van der Waals surface area contributed by atoms with E-state index in [0.717, 1.165) is 0 Å². The number of carboxylic acid groups (broad SMARTS) is 1. The zero-order valence-corrected chi connectivity index (χ0v) is 10.1. The highest BCUT2D eigenvalue weighted by Crippen LogP contribution is 2.34. The van der Waals surface area contributed by atoms with Gasteiger partial charge in [0.1, 0.15) is 0 Å². The molecule has 5 heteroatoms. The van der Waals surface area contributed by atoms with Crippen LogP contribution in [0.5, 0.6) is 0 Å². The van der Waals surface area contributed by atoms with Crippen LogP contribution in [0.25, 0.3) is 10.8 Å². The number of hydrogen-bond donors (Lipinski definition) is 1. The molecule has 1 N–H and O–H groups in total. The van der Waals surface area contributed by atoms with Gasteiger partial charge in [-0.25, -0.2) is 4.79 Å². The van der Waals surface area contributed by atoms with Crippen molar-refractivity contribution in [1.82, 2.24) is 0 Å². The second-order valence-corrected chi connectivity index (χ2v) is 4.46. The highest BCUT2D eigenvalue weighted by molar-refractivity contribution is 6.41. The maximum Gasteiger partial charge on any atom is 0.337 e. The topological polar surface area (TPSA) is 37.3 Å². The minimum absolute atomic E-state index is 0.0172. The van der Waals surface area contributed by atoms with Crippen molar-refractivity contribution in [2.24, 2.45) is 0 Å². The van der Waals surface area contributed by atoms with Crippen molar-refractivity contribution in [1.29, 1.82) is 0 Å². The van der Waals surface area contributed by atoms with E-state index in [-0.39, 0.29) is 10.6 Å². The quantitative estimate of drug-likeness (QED) is 0.832. The van der Waals surface area contributed by atoms with Crippen LogP contribution in [0.15, 0.2) is 24.3 Å². The minimum Gasteiger partial charge on any atom is -0.478 e. The van der Waals surface area contributed by atoms with Crippen molar-refractivity contribution in [3.8, 4) is 0 Å². The molecule has 82 valence electrons. The van der Waals surface area contributed by atoms with Crippen molar-refractivity contribution in [3.63, 3.8) is 0 Å². The Bertz CT molecular complexity index is 593. The van der Waals surface area contributed by atoms with Crippen LogP contribution < -0.4 is 0 Å². The largest absolute Gasteiger partial charge is 0.478 e. The zero-order chi connectivity index (χ0) is 11.9. The summed E-state index contributed by atoms with van der Waals surface area (Å²) < 4.78 is 0. The van der Waals surface area contributed by atoms with E-state index in [4.69, 9.17) is 39.9 Å². The van der Waals surface area contributed by atoms with Crippen LogP contribution in [-0.2, 0) is 0 Å². The molecule has 0 saturated carbocycles. The van der Waals surface area contributed by atoms with E-state index in [0.29, 0.717) is 20.8 Å². The molecule has 0 bridgehead atoms. The summed E-state index contributed by atoms with van der Waals surface area (Å²) in [5.74, 6) is -1.10. The number of benzene rings is 2. The number of carbonyl (C=O) groups is 1. The highest BCUT2D eigenvalue weighted by Gasteiger charge is 2.16. The van der Waals surface area contributed by atoms with E-state index >= 15 is 0 Å². The molecule has 2 aromatic rings. The van der Waals surface area contributed by atoms with Gasteiger partial charge in [-0.3, -0.25) is 0 Å². The van der Waals surface area contributed by atoms with E-state index in [1.165, 1.54) is 12.1 Å². The number of carboxylic acids is 1. The summed E-state index contributed by atoms with van der Waals surface area (Å²) in [5.41, 5.74) is 0.0172. The fraction of sp³-hybridized carbons (Fsp3) is 0. The Morgan fingerprint density at radius 1 is 1.00 bits per heavy atom. The van der Waals surface area contributed by atoms with Crippen LogP contribution in [0.2, 0.25) is 15.1 Å². The number of aromatic carboxylic acids is 1. The average Bonchev–Trinajstić information content (AvgIpc) is 2.15. The molecule has 0 aromatic heterocycles. The van der Waals surface area contributed by atoms with Gasteiger partial charge in [0.05, 0.1) is 10.6 Å². The van der Waals surface area contributed by atoms with Crippen LogP contribution in [-0.4, -0.2) is 11.1 Å². The first-order valence-electron chi connectivity index (χ1n) is 4.31. The van der Waals surface area contributed by atoms with Crippen molar-refractivity contribution in [2.75, 3.05) is 0 Å². The van der Waals surface area contributed by atoms with Gasteiger partial charge in [-0.2, -0.15) is 0 Å². The van der Waals surface area contributed by atoms with Crippen LogP contribution in [0.1, 0.15) is 10.4 Å². The van der Waals surface area contributed by atoms with Gasteiger partial charge in [-0.15, -0.1) is 0 Å². The lowest BCUT2D eigenvalue weighted by molar-refractivity contribution is 0.0699. The predicted molar refractivity (Wildman–Crippen MR) is 65.9 cm³/mol. The number of hydrogen-bond acceptors (Lipinski definition) is 1. The SMILES string of the molecule is O=C(O)c1c(Cl)cc(Cl)c2ccc(Cl)cc12. The molecule has 2 rings (SSSR count). The molecule has 0 amide bonds. The van der Waals surface area contributed by atoms with Crippen molar-refractivity contribution in [3.05, 3.63) is 44.9 Å². The molecule has 0 saturated heterocycles. The first-order valence-corrected chi connectivity index (χ1v) is 5.44. The van der Waals surface area contributed by atoms with Gasteiger partial charge in [-0.05, 0) is 18.2 Å². The van der Waals surface area contributed by atoms with Crippen molar-refractivity contribution < 1.29 is 9.90 Å². The van der Waals surface area contributed by atoms with Gasteiger partial charge < -0.3 is 5.11 Å². The third-order valence-corrected chi connectivity index (χ3v) is 3.06. The summed E-state index contributed by atoms with van der Waals surface area (Å²) in [7, 11) is 0. The lowest BCUT2D eigenvalue weighted by Gasteiger charge is -2.07. The van der Waals surface area contributed by atoms with Crippen molar-refractivity contribution >= 4 is 51.5 Å². The number of halogens is 3. The van der Waals surface area contributed by atoms with Crippen LogP contribution in [0.3, 0.4) is 0 Å². The van der Waals surface area contributed by atoms with Crippen molar-refractivity contribution in [2.45, 2.75) is 0 Å². The van der Waals surface area contributed by atoms with Gasteiger partial charge in [0, 0.05) is 20.8 Å². The fourth-order valence-electron chi connectivity index (χ4n) is 1.54. The fourth-order valence-corrected chi connectivity index (χ4v) is 2.33. The molecule has 2 aromatic carbocycles. The van der Waals surface area contributed by atoms with Gasteiger partial charge in [0.2, 0.25) is 0 Å². The predicted octanol–water partition coefficient (Wildman–Crippen LogP) is 4.50. The summed E-state index contributed by atoms with van der Waals surface area (Å²) in [6.45, 7) is 0. The Hall–Kier alpha value is -0.960. The van der Waals surface area contributed by atoms with Gasteiger partial charge in [-0.1, -0.05) is 40.9 Å². The summed E-state index contributed by atoms with van der Waals surface area (Å²) >= 11 is 17.6. The zero-order valence-electron chi connectivity index (χ0n) is 7.80. The smallest absolute Gasteiger partial charge is 0.337 e. The van der Waals surface area contributed by atoms with Crippen LogP contribution in [0.4, 0.5) is 0 Å².